The monoisotopic (exact) mass is 309 g/mol. The molecule has 1 aromatic rings. The molecule has 0 aliphatic heterocycles. The number of nitrogens with one attached hydrogen (secondary N) is 1. The van der Waals surface area contributed by atoms with Gasteiger partial charge in [0.1, 0.15) is 5.75 Å². The van der Waals surface area contributed by atoms with Gasteiger partial charge < -0.3 is 10.1 Å². The van der Waals surface area contributed by atoms with Gasteiger partial charge >= 0.3 is 0 Å². The Morgan fingerprint density at radius 2 is 1.95 bits per heavy atom. The summed E-state index contributed by atoms with van der Waals surface area (Å²) in [7, 11) is 1.75. The molecule has 1 aliphatic rings. The fraction of sp³-hybridized carbons (Fsp3) is 0.667. The first kappa shape index (κ1) is 16.6. The summed E-state index contributed by atoms with van der Waals surface area (Å²) in [5.41, 5.74) is 1.27. The maximum absolute atomic E-state index is 6.24. The predicted octanol–water partition coefficient (Wildman–Crippen LogP) is 5.01. The molecule has 3 heteroatoms. The van der Waals surface area contributed by atoms with Gasteiger partial charge in [0.2, 0.25) is 0 Å². The van der Waals surface area contributed by atoms with Crippen LogP contribution in [0.3, 0.4) is 0 Å². The van der Waals surface area contributed by atoms with E-state index in [1.807, 2.05) is 12.1 Å². The number of hydrogen-bond acceptors (Lipinski definition) is 2. The second-order valence-corrected chi connectivity index (χ2v) is 6.89. The Bertz CT molecular complexity index is 441. The molecule has 1 unspecified atom stereocenters. The van der Waals surface area contributed by atoms with Crippen molar-refractivity contribution in [3.8, 4) is 5.75 Å². The highest BCUT2D eigenvalue weighted by atomic mass is 35.5. The van der Waals surface area contributed by atoms with Crippen LogP contribution in [0.15, 0.2) is 18.2 Å². The first-order valence-electron chi connectivity index (χ1n) is 8.18. The molecule has 0 heterocycles. The van der Waals surface area contributed by atoms with E-state index in [0.29, 0.717) is 12.0 Å². The molecule has 1 N–H and O–H groups in total. The highest BCUT2D eigenvalue weighted by molar-refractivity contribution is 6.30. The molecule has 118 valence electrons. The molecule has 1 aliphatic carbocycles. The molecule has 1 aromatic carbocycles. The van der Waals surface area contributed by atoms with Crippen LogP contribution in [0.5, 0.6) is 5.75 Å². The van der Waals surface area contributed by atoms with Gasteiger partial charge in [-0.05, 0) is 37.0 Å². The number of halogens is 1. The standard InChI is InChI=1S/C18H28ClNO/c1-13(2)20-12-17(14-7-5-4-6-8-14)16-11-15(19)9-10-18(16)21-3/h9-11,13-14,17,20H,4-8,12H2,1-3H3. The second kappa shape index (κ2) is 8.05. The Balaban J connectivity index is 2.26. The van der Waals surface area contributed by atoms with Crippen molar-refractivity contribution in [2.75, 3.05) is 13.7 Å². The summed E-state index contributed by atoms with van der Waals surface area (Å²) < 4.78 is 5.59. The average molecular weight is 310 g/mol. The fourth-order valence-electron chi connectivity index (χ4n) is 3.42. The normalized spacial score (nSPS) is 18.0. The van der Waals surface area contributed by atoms with Crippen molar-refractivity contribution in [1.82, 2.24) is 5.32 Å². The van der Waals surface area contributed by atoms with Crippen molar-refractivity contribution in [1.29, 1.82) is 0 Å². The van der Waals surface area contributed by atoms with Gasteiger partial charge in [-0.25, -0.2) is 0 Å². The van der Waals surface area contributed by atoms with Crippen molar-refractivity contribution in [2.45, 2.75) is 57.9 Å². The third-order valence-corrected chi connectivity index (χ3v) is 4.79. The van der Waals surface area contributed by atoms with Gasteiger partial charge in [-0.15, -0.1) is 0 Å². The summed E-state index contributed by atoms with van der Waals surface area (Å²) in [6.45, 7) is 5.40. The lowest BCUT2D eigenvalue weighted by atomic mass is 9.76. The topological polar surface area (TPSA) is 21.3 Å². The SMILES string of the molecule is COc1ccc(Cl)cc1C(CNC(C)C)C1CCCCC1. The van der Waals surface area contributed by atoms with Gasteiger partial charge in [-0.1, -0.05) is 44.7 Å². The quantitative estimate of drug-likeness (QED) is 0.797. The summed E-state index contributed by atoms with van der Waals surface area (Å²) in [4.78, 5) is 0. The van der Waals surface area contributed by atoms with Gasteiger partial charge in [0.25, 0.3) is 0 Å². The van der Waals surface area contributed by atoms with Crippen molar-refractivity contribution in [3.05, 3.63) is 28.8 Å². The van der Waals surface area contributed by atoms with Crippen LogP contribution in [0.4, 0.5) is 0 Å². The molecule has 0 aromatic heterocycles. The van der Waals surface area contributed by atoms with E-state index in [2.05, 4.69) is 25.2 Å². The molecule has 2 rings (SSSR count). The molecule has 1 fully saturated rings. The molecule has 2 nitrogen and oxygen atoms in total. The lowest BCUT2D eigenvalue weighted by molar-refractivity contribution is 0.287. The highest BCUT2D eigenvalue weighted by Crippen LogP contribution is 2.40. The number of hydrogen-bond donors (Lipinski definition) is 1. The first-order chi connectivity index (χ1) is 10.1. The second-order valence-electron chi connectivity index (χ2n) is 6.45. The highest BCUT2D eigenvalue weighted by Gasteiger charge is 2.27. The molecular weight excluding hydrogens is 282 g/mol. The first-order valence-corrected chi connectivity index (χ1v) is 8.56. The van der Waals surface area contributed by atoms with Gasteiger partial charge in [0.15, 0.2) is 0 Å². The van der Waals surface area contributed by atoms with Crippen LogP contribution in [0.2, 0.25) is 5.02 Å². The maximum Gasteiger partial charge on any atom is 0.122 e. The van der Waals surface area contributed by atoms with Crippen LogP contribution in [0, 0.1) is 5.92 Å². The molecular formula is C18H28ClNO. The average Bonchev–Trinajstić information content (AvgIpc) is 2.48. The van der Waals surface area contributed by atoms with Crippen molar-refractivity contribution in [2.24, 2.45) is 5.92 Å². The van der Waals surface area contributed by atoms with E-state index >= 15 is 0 Å². The maximum atomic E-state index is 6.24. The molecule has 1 atom stereocenters. The van der Waals surface area contributed by atoms with E-state index in [-0.39, 0.29) is 0 Å². The number of rotatable bonds is 6. The van der Waals surface area contributed by atoms with Crippen LogP contribution in [-0.4, -0.2) is 19.7 Å². The third kappa shape index (κ3) is 4.62. The molecule has 0 amide bonds. The van der Waals surface area contributed by atoms with Crippen LogP contribution < -0.4 is 10.1 Å². The van der Waals surface area contributed by atoms with Crippen molar-refractivity contribution >= 4 is 11.6 Å². The predicted molar refractivity (Wildman–Crippen MR) is 90.5 cm³/mol. The zero-order valence-electron chi connectivity index (χ0n) is 13.5. The van der Waals surface area contributed by atoms with Crippen LogP contribution >= 0.6 is 11.6 Å². The minimum absolute atomic E-state index is 0.487. The lowest BCUT2D eigenvalue weighted by Crippen LogP contribution is -2.32. The Morgan fingerprint density at radius 1 is 1.24 bits per heavy atom. The smallest absolute Gasteiger partial charge is 0.122 e. The summed E-state index contributed by atoms with van der Waals surface area (Å²) in [6, 6.07) is 6.52. The molecule has 1 saturated carbocycles. The molecule has 0 spiro atoms. The summed E-state index contributed by atoms with van der Waals surface area (Å²) in [5.74, 6) is 2.19. The minimum Gasteiger partial charge on any atom is -0.496 e. The van der Waals surface area contributed by atoms with E-state index < -0.39 is 0 Å². The summed E-state index contributed by atoms with van der Waals surface area (Å²) in [6.07, 6.45) is 6.73. The van der Waals surface area contributed by atoms with Crippen LogP contribution in [0.1, 0.15) is 57.4 Å². The Morgan fingerprint density at radius 3 is 2.57 bits per heavy atom. The molecule has 0 bridgehead atoms. The Hall–Kier alpha value is -0.730. The van der Waals surface area contributed by atoms with Gasteiger partial charge in [0.05, 0.1) is 7.11 Å². The van der Waals surface area contributed by atoms with E-state index in [1.165, 1.54) is 37.7 Å². The third-order valence-electron chi connectivity index (χ3n) is 4.56. The zero-order chi connectivity index (χ0) is 15.2. The number of ether oxygens (including phenoxy) is 1. The summed E-state index contributed by atoms with van der Waals surface area (Å²) in [5, 5.41) is 4.42. The largest absolute Gasteiger partial charge is 0.496 e. The van der Waals surface area contributed by atoms with Crippen molar-refractivity contribution < 1.29 is 4.74 Å². The van der Waals surface area contributed by atoms with Crippen LogP contribution in [-0.2, 0) is 0 Å². The van der Waals surface area contributed by atoms with Gasteiger partial charge in [0, 0.05) is 29.1 Å². The lowest BCUT2D eigenvalue weighted by Gasteiger charge is -2.32. The molecule has 0 saturated heterocycles. The van der Waals surface area contributed by atoms with E-state index in [0.717, 1.165) is 23.2 Å². The fourth-order valence-corrected chi connectivity index (χ4v) is 3.61. The Kier molecular flexibility index (Phi) is 6.38. The number of methoxy groups -OCH3 is 1. The molecule has 0 radical (unpaired) electrons. The van der Waals surface area contributed by atoms with Gasteiger partial charge in [-0.2, -0.15) is 0 Å². The molecule has 21 heavy (non-hydrogen) atoms. The number of benzene rings is 1. The Labute approximate surface area is 134 Å². The van der Waals surface area contributed by atoms with Gasteiger partial charge in [-0.3, -0.25) is 0 Å². The van der Waals surface area contributed by atoms with Crippen LogP contribution in [0.25, 0.3) is 0 Å². The zero-order valence-corrected chi connectivity index (χ0v) is 14.2. The van der Waals surface area contributed by atoms with E-state index in [9.17, 15) is 0 Å². The van der Waals surface area contributed by atoms with E-state index in [4.69, 9.17) is 16.3 Å². The van der Waals surface area contributed by atoms with E-state index in [1.54, 1.807) is 7.11 Å². The van der Waals surface area contributed by atoms with Crippen molar-refractivity contribution in [3.63, 3.8) is 0 Å². The minimum atomic E-state index is 0.487. The summed E-state index contributed by atoms with van der Waals surface area (Å²) >= 11 is 6.24.